The second-order valence-electron chi connectivity index (χ2n) is 6.46. The number of nitrogens with one attached hydrogen (secondary N) is 1. The van der Waals surface area contributed by atoms with Crippen molar-refractivity contribution in [3.63, 3.8) is 0 Å². The van der Waals surface area contributed by atoms with Gasteiger partial charge in [0, 0.05) is 10.6 Å². The average Bonchev–Trinajstić information content (AvgIpc) is 3.12. The molecule has 0 aliphatic heterocycles. The predicted molar refractivity (Wildman–Crippen MR) is 108 cm³/mol. The normalized spacial score (nSPS) is 12.2. The van der Waals surface area contributed by atoms with Crippen LogP contribution in [-0.4, -0.2) is 24.7 Å². The first kappa shape index (κ1) is 17.6. The van der Waals surface area contributed by atoms with Crippen LogP contribution in [0.3, 0.4) is 0 Å². The van der Waals surface area contributed by atoms with E-state index in [-0.39, 0.29) is 12.5 Å². The Bertz CT molecular complexity index is 1020. The number of aryl methyl sites for hydroxylation is 2. The van der Waals surface area contributed by atoms with Gasteiger partial charge in [-0.1, -0.05) is 24.3 Å². The van der Waals surface area contributed by atoms with Crippen molar-refractivity contribution in [1.82, 2.24) is 0 Å². The highest BCUT2D eigenvalue weighted by molar-refractivity contribution is 7.98. The van der Waals surface area contributed by atoms with E-state index in [4.69, 9.17) is 4.74 Å². The first-order valence-corrected chi connectivity index (χ1v) is 10.0. The summed E-state index contributed by atoms with van der Waals surface area (Å²) in [5.74, 6) is -0.829. The lowest BCUT2D eigenvalue weighted by Gasteiger charge is -2.10. The van der Waals surface area contributed by atoms with Crippen LogP contribution in [0.15, 0.2) is 59.5 Å². The lowest BCUT2D eigenvalue weighted by atomic mass is 10.00. The molecule has 136 valence electrons. The first-order chi connectivity index (χ1) is 13.2. The molecule has 1 N–H and O–H groups in total. The number of benzene rings is 3. The van der Waals surface area contributed by atoms with Gasteiger partial charge in [0.05, 0.1) is 5.56 Å². The van der Waals surface area contributed by atoms with Gasteiger partial charge >= 0.3 is 5.97 Å². The van der Waals surface area contributed by atoms with Crippen LogP contribution in [0.5, 0.6) is 0 Å². The molecule has 1 aliphatic carbocycles. The molecule has 0 saturated carbocycles. The molecule has 0 heterocycles. The lowest BCUT2D eigenvalue weighted by molar-refractivity contribution is -0.119. The number of hydrogen-bond acceptors (Lipinski definition) is 4. The molecule has 1 aliphatic rings. The largest absolute Gasteiger partial charge is 0.452 e. The quantitative estimate of drug-likeness (QED) is 0.527. The fourth-order valence-electron chi connectivity index (χ4n) is 3.51. The van der Waals surface area contributed by atoms with Crippen LogP contribution in [0.2, 0.25) is 0 Å². The van der Waals surface area contributed by atoms with Crippen molar-refractivity contribution in [2.75, 3.05) is 18.2 Å². The zero-order chi connectivity index (χ0) is 18.8. The van der Waals surface area contributed by atoms with E-state index < -0.39 is 5.97 Å². The van der Waals surface area contributed by atoms with Crippen LogP contribution in [0.1, 0.15) is 21.5 Å². The molecule has 0 saturated heterocycles. The molecule has 3 aromatic rings. The number of ether oxygens (including phenoxy) is 1. The van der Waals surface area contributed by atoms with Gasteiger partial charge in [0.2, 0.25) is 0 Å². The fraction of sp³-hybridized carbons (Fsp3) is 0.182. The van der Waals surface area contributed by atoms with E-state index in [1.54, 1.807) is 17.8 Å². The third-order valence-corrected chi connectivity index (χ3v) is 5.55. The Morgan fingerprint density at radius 2 is 1.74 bits per heavy atom. The van der Waals surface area contributed by atoms with Crippen molar-refractivity contribution in [1.29, 1.82) is 0 Å². The molecule has 0 spiro atoms. The maximum Gasteiger partial charge on any atom is 0.339 e. The molecule has 4 nitrogen and oxygen atoms in total. The second kappa shape index (κ2) is 7.45. The topological polar surface area (TPSA) is 55.4 Å². The molecule has 3 aromatic carbocycles. The van der Waals surface area contributed by atoms with Crippen molar-refractivity contribution in [2.45, 2.75) is 17.7 Å². The van der Waals surface area contributed by atoms with E-state index in [9.17, 15) is 9.59 Å². The summed E-state index contributed by atoms with van der Waals surface area (Å²) in [6, 6.07) is 17.3. The summed E-state index contributed by atoms with van der Waals surface area (Å²) in [5, 5.41) is 4.80. The smallest absolute Gasteiger partial charge is 0.339 e. The van der Waals surface area contributed by atoms with Crippen LogP contribution in [0.4, 0.5) is 5.69 Å². The highest BCUT2D eigenvalue weighted by atomic mass is 32.2. The van der Waals surface area contributed by atoms with E-state index in [1.807, 2.05) is 48.7 Å². The summed E-state index contributed by atoms with van der Waals surface area (Å²) in [6.45, 7) is -0.313. The molecule has 27 heavy (non-hydrogen) atoms. The third-order valence-electron chi connectivity index (χ3n) is 4.80. The highest BCUT2D eigenvalue weighted by Gasteiger charge is 2.20. The summed E-state index contributed by atoms with van der Waals surface area (Å²) in [6.07, 6.45) is 4.00. The van der Waals surface area contributed by atoms with Gasteiger partial charge in [0.15, 0.2) is 6.61 Å². The Kier molecular flexibility index (Phi) is 4.86. The van der Waals surface area contributed by atoms with Gasteiger partial charge < -0.3 is 10.1 Å². The molecule has 1 amide bonds. The van der Waals surface area contributed by atoms with Crippen molar-refractivity contribution in [3.05, 3.63) is 71.3 Å². The number of thioether (sulfide) groups is 1. The third kappa shape index (κ3) is 3.55. The average molecular weight is 377 g/mol. The molecule has 5 heteroatoms. The molecule has 0 bridgehead atoms. The van der Waals surface area contributed by atoms with Gasteiger partial charge in [-0.2, -0.15) is 0 Å². The minimum Gasteiger partial charge on any atom is -0.452 e. The minimum absolute atomic E-state index is 0.313. The molecular weight excluding hydrogens is 358 g/mol. The summed E-state index contributed by atoms with van der Waals surface area (Å²) in [7, 11) is 0. The Labute approximate surface area is 161 Å². The van der Waals surface area contributed by atoms with Gasteiger partial charge in [-0.15, -0.1) is 11.8 Å². The number of anilines is 1. The van der Waals surface area contributed by atoms with E-state index in [2.05, 4.69) is 11.4 Å². The zero-order valence-electron chi connectivity index (χ0n) is 15.0. The summed E-state index contributed by atoms with van der Waals surface area (Å²) in [5.41, 5.74) is 3.72. The van der Waals surface area contributed by atoms with Gasteiger partial charge in [-0.25, -0.2) is 4.79 Å². The number of carbonyl (C=O) groups is 2. The Morgan fingerprint density at radius 3 is 2.48 bits per heavy atom. The van der Waals surface area contributed by atoms with Gasteiger partial charge in [-0.05, 0) is 71.3 Å². The van der Waals surface area contributed by atoms with Crippen LogP contribution >= 0.6 is 11.8 Å². The monoisotopic (exact) mass is 377 g/mol. The lowest BCUT2D eigenvalue weighted by Crippen LogP contribution is -2.21. The molecule has 0 radical (unpaired) electrons. The van der Waals surface area contributed by atoms with Gasteiger partial charge in [-0.3, -0.25) is 4.79 Å². The van der Waals surface area contributed by atoms with Crippen LogP contribution in [0.25, 0.3) is 10.8 Å². The summed E-state index contributed by atoms with van der Waals surface area (Å²) < 4.78 is 5.26. The Hall–Kier alpha value is -2.79. The first-order valence-electron chi connectivity index (χ1n) is 8.80. The zero-order valence-corrected chi connectivity index (χ0v) is 15.8. The molecular formula is C22H19NO3S. The van der Waals surface area contributed by atoms with Crippen molar-refractivity contribution in [3.8, 4) is 0 Å². The summed E-state index contributed by atoms with van der Waals surface area (Å²) in [4.78, 5) is 25.7. The number of rotatable bonds is 5. The summed E-state index contributed by atoms with van der Waals surface area (Å²) >= 11 is 1.63. The number of amides is 1. The molecule has 0 aromatic heterocycles. The maximum absolute atomic E-state index is 12.5. The van der Waals surface area contributed by atoms with Crippen LogP contribution in [-0.2, 0) is 22.4 Å². The van der Waals surface area contributed by atoms with Gasteiger partial charge in [0.25, 0.3) is 5.91 Å². The van der Waals surface area contributed by atoms with Crippen molar-refractivity contribution in [2.24, 2.45) is 0 Å². The molecule has 0 unspecified atom stereocenters. The van der Waals surface area contributed by atoms with Crippen LogP contribution < -0.4 is 5.32 Å². The van der Waals surface area contributed by atoms with E-state index in [0.717, 1.165) is 28.5 Å². The number of esters is 1. The second-order valence-corrected chi connectivity index (χ2v) is 7.34. The molecule has 0 atom stereocenters. The number of hydrogen-bond donors (Lipinski definition) is 1. The standard InChI is InChI=1S/C22H19NO3S/c1-27-17-10-8-16(9-11-17)23-20(24)13-26-22(25)19-12-7-15-6-5-14-3-2-4-18(19)21(14)15/h2-4,7-12H,5-6,13H2,1H3,(H,23,24). The van der Waals surface area contributed by atoms with Crippen molar-refractivity contribution < 1.29 is 14.3 Å². The van der Waals surface area contributed by atoms with E-state index >= 15 is 0 Å². The Morgan fingerprint density at radius 1 is 1.00 bits per heavy atom. The van der Waals surface area contributed by atoms with E-state index in [0.29, 0.717) is 11.3 Å². The fourth-order valence-corrected chi connectivity index (χ4v) is 3.91. The SMILES string of the molecule is CSc1ccc(NC(=O)COC(=O)c2ccc3c4c(cccc24)CC3)cc1. The van der Waals surface area contributed by atoms with Crippen LogP contribution in [0, 0.1) is 0 Å². The number of carbonyl (C=O) groups excluding carboxylic acids is 2. The van der Waals surface area contributed by atoms with E-state index in [1.165, 1.54) is 11.1 Å². The van der Waals surface area contributed by atoms with Gasteiger partial charge in [0.1, 0.15) is 0 Å². The maximum atomic E-state index is 12.5. The molecule has 0 fully saturated rings. The Balaban J connectivity index is 1.44. The minimum atomic E-state index is -0.474. The predicted octanol–water partition coefficient (Wildman–Crippen LogP) is 4.46. The van der Waals surface area contributed by atoms with Crippen molar-refractivity contribution >= 4 is 40.1 Å². The highest BCUT2D eigenvalue weighted by Crippen LogP contribution is 2.33. The molecule has 4 rings (SSSR count).